The van der Waals surface area contributed by atoms with Crippen molar-refractivity contribution in [1.29, 1.82) is 0 Å². The van der Waals surface area contributed by atoms with Gasteiger partial charge >= 0.3 is 0 Å². The van der Waals surface area contributed by atoms with Crippen LogP contribution in [0.2, 0.25) is 0 Å². The Hall–Kier alpha value is -1.22. The van der Waals surface area contributed by atoms with Crippen molar-refractivity contribution in [2.24, 2.45) is 0 Å². The second-order valence-corrected chi connectivity index (χ2v) is 3.04. The van der Waals surface area contributed by atoms with E-state index in [0.29, 0.717) is 6.54 Å². The Balaban J connectivity index is 2.84. The summed E-state index contributed by atoms with van der Waals surface area (Å²) < 4.78 is 5.20. The molecule has 0 aliphatic heterocycles. The van der Waals surface area contributed by atoms with E-state index in [2.05, 4.69) is 18.3 Å². The molecule has 0 aliphatic rings. The average Bonchev–Trinajstić information content (AvgIpc) is 2.25. The van der Waals surface area contributed by atoms with E-state index < -0.39 is 0 Å². The molecule has 0 fully saturated rings. The first-order valence-corrected chi connectivity index (χ1v) is 4.83. The lowest BCUT2D eigenvalue weighted by Gasteiger charge is -2.11. The average molecular weight is 195 g/mol. The van der Waals surface area contributed by atoms with Crippen molar-refractivity contribution in [1.82, 2.24) is 0 Å². The van der Waals surface area contributed by atoms with Gasteiger partial charge in [0, 0.05) is 6.54 Å². The number of aliphatic hydroxyl groups is 1. The lowest BCUT2D eigenvalue weighted by molar-refractivity contribution is 0.311. The smallest absolute Gasteiger partial charge is 0.141 e. The Morgan fingerprint density at radius 2 is 2.21 bits per heavy atom. The summed E-state index contributed by atoms with van der Waals surface area (Å²) in [6.45, 7) is 2.78. The number of aliphatic hydroxyl groups excluding tert-OH is 1. The Morgan fingerprint density at radius 3 is 2.79 bits per heavy atom. The zero-order chi connectivity index (χ0) is 10.4. The highest BCUT2D eigenvalue weighted by molar-refractivity contribution is 5.58. The van der Waals surface area contributed by atoms with Crippen LogP contribution in [0.15, 0.2) is 18.2 Å². The van der Waals surface area contributed by atoms with Crippen LogP contribution in [0, 0.1) is 0 Å². The van der Waals surface area contributed by atoms with Crippen molar-refractivity contribution < 1.29 is 9.84 Å². The van der Waals surface area contributed by atoms with E-state index in [1.807, 2.05) is 12.1 Å². The first kappa shape index (κ1) is 10.9. The van der Waals surface area contributed by atoms with Crippen LogP contribution in [-0.2, 0) is 6.42 Å². The van der Waals surface area contributed by atoms with Gasteiger partial charge in [-0.3, -0.25) is 0 Å². The van der Waals surface area contributed by atoms with Crippen molar-refractivity contribution in [2.45, 2.75) is 13.3 Å². The van der Waals surface area contributed by atoms with Crippen LogP contribution in [-0.4, -0.2) is 25.4 Å². The number of ether oxygens (including phenoxy) is 1. The molecular formula is C11H17NO2. The molecule has 1 rings (SSSR count). The molecule has 1 aromatic rings. The second-order valence-electron chi connectivity index (χ2n) is 3.04. The molecule has 0 aliphatic carbocycles. The standard InChI is InChI=1S/C11H17NO2/c1-3-9-4-5-11(14-2)10(8-9)12-6-7-13/h4-5,8,12-13H,3,6-7H2,1-2H3. The van der Waals surface area contributed by atoms with Crippen LogP contribution < -0.4 is 10.1 Å². The molecule has 3 heteroatoms. The van der Waals surface area contributed by atoms with Gasteiger partial charge in [-0.2, -0.15) is 0 Å². The molecule has 3 nitrogen and oxygen atoms in total. The topological polar surface area (TPSA) is 41.5 Å². The number of methoxy groups -OCH3 is 1. The van der Waals surface area contributed by atoms with E-state index in [-0.39, 0.29) is 6.61 Å². The summed E-state index contributed by atoms with van der Waals surface area (Å²) in [6, 6.07) is 6.04. The van der Waals surface area contributed by atoms with Gasteiger partial charge in [0.1, 0.15) is 5.75 Å². The van der Waals surface area contributed by atoms with Crippen molar-refractivity contribution in [3.63, 3.8) is 0 Å². The van der Waals surface area contributed by atoms with Gasteiger partial charge in [0.25, 0.3) is 0 Å². The fourth-order valence-corrected chi connectivity index (χ4v) is 1.30. The maximum absolute atomic E-state index is 8.71. The quantitative estimate of drug-likeness (QED) is 0.750. The van der Waals surface area contributed by atoms with Crippen LogP contribution in [0.5, 0.6) is 5.75 Å². The van der Waals surface area contributed by atoms with Crippen molar-refractivity contribution in [2.75, 3.05) is 25.6 Å². The number of benzene rings is 1. The summed E-state index contributed by atoms with van der Waals surface area (Å²) in [6.07, 6.45) is 0.998. The van der Waals surface area contributed by atoms with E-state index >= 15 is 0 Å². The Kier molecular flexibility index (Phi) is 4.26. The van der Waals surface area contributed by atoms with Gasteiger partial charge in [0.2, 0.25) is 0 Å². The Bertz CT molecular complexity index is 287. The third-order valence-electron chi connectivity index (χ3n) is 2.10. The molecule has 0 atom stereocenters. The number of hydrogen-bond donors (Lipinski definition) is 2. The highest BCUT2D eigenvalue weighted by Gasteiger charge is 2.02. The van der Waals surface area contributed by atoms with Crippen molar-refractivity contribution in [3.8, 4) is 5.75 Å². The van der Waals surface area contributed by atoms with Crippen LogP contribution in [0.1, 0.15) is 12.5 Å². The van der Waals surface area contributed by atoms with E-state index in [0.717, 1.165) is 17.9 Å². The molecule has 0 unspecified atom stereocenters. The largest absolute Gasteiger partial charge is 0.495 e. The van der Waals surface area contributed by atoms with Crippen LogP contribution in [0.4, 0.5) is 5.69 Å². The minimum absolute atomic E-state index is 0.125. The van der Waals surface area contributed by atoms with Gasteiger partial charge in [-0.25, -0.2) is 0 Å². The van der Waals surface area contributed by atoms with Crippen molar-refractivity contribution >= 4 is 5.69 Å². The highest BCUT2D eigenvalue weighted by Crippen LogP contribution is 2.25. The summed E-state index contributed by atoms with van der Waals surface area (Å²) in [5.41, 5.74) is 2.20. The van der Waals surface area contributed by atoms with Gasteiger partial charge in [-0.15, -0.1) is 0 Å². The molecule has 2 N–H and O–H groups in total. The minimum Gasteiger partial charge on any atom is -0.495 e. The predicted molar refractivity (Wildman–Crippen MR) is 57.9 cm³/mol. The molecule has 0 radical (unpaired) electrons. The van der Waals surface area contributed by atoms with Crippen molar-refractivity contribution in [3.05, 3.63) is 23.8 Å². The first-order chi connectivity index (χ1) is 6.81. The first-order valence-electron chi connectivity index (χ1n) is 4.83. The SMILES string of the molecule is CCc1ccc(OC)c(NCCO)c1. The van der Waals surface area contributed by atoms with Crippen LogP contribution in [0.3, 0.4) is 0 Å². The van der Waals surface area contributed by atoms with Gasteiger partial charge in [0.15, 0.2) is 0 Å². The van der Waals surface area contributed by atoms with Gasteiger partial charge < -0.3 is 15.2 Å². The maximum Gasteiger partial charge on any atom is 0.141 e. The zero-order valence-corrected chi connectivity index (χ0v) is 8.71. The molecule has 0 aromatic heterocycles. The summed E-state index contributed by atoms with van der Waals surface area (Å²) in [7, 11) is 1.64. The molecule has 1 aromatic carbocycles. The summed E-state index contributed by atoms with van der Waals surface area (Å²) >= 11 is 0. The summed E-state index contributed by atoms with van der Waals surface area (Å²) in [5.74, 6) is 0.815. The monoisotopic (exact) mass is 195 g/mol. The number of hydrogen-bond acceptors (Lipinski definition) is 3. The summed E-state index contributed by atoms with van der Waals surface area (Å²) in [5, 5.41) is 11.8. The molecule has 14 heavy (non-hydrogen) atoms. The number of nitrogens with one attached hydrogen (secondary N) is 1. The van der Waals surface area contributed by atoms with E-state index in [9.17, 15) is 0 Å². The van der Waals surface area contributed by atoms with Crippen LogP contribution >= 0.6 is 0 Å². The fourth-order valence-electron chi connectivity index (χ4n) is 1.30. The van der Waals surface area contributed by atoms with E-state index in [1.54, 1.807) is 7.11 Å². The molecule has 0 heterocycles. The minimum atomic E-state index is 0.125. The Morgan fingerprint density at radius 1 is 1.43 bits per heavy atom. The molecular weight excluding hydrogens is 178 g/mol. The second kappa shape index (κ2) is 5.50. The fraction of sp³-hybridized carbons (Fsp3) is 0.455. The van der Waals surface area contributed by atoms with Gasteiger partial charge in [0.05, 0.1) is 19.4 Å². The third kappa shape index (κ3) is 2.64. The van der Waals surface area contributed by atoms with Gasteiger partial charge in [-0.1, -0.05) is 13.0 Å². The predicted octanol–water partition coefficient (Wildman–Crippen LogP) is 1.66. The zero-order valence-electron chi connectivity index (χ0n) is 8.71. The van der Waals surface area contributed by atoms with E-state index in [1.165, 1.54) is 5.56 Å². The van der Waals surface area contributed by atoms with Crippen LogP contribution in [0.25, 0.3) is 0 Å². The lowest BCUT2D eigenvalue weighted by Crippen LogP contribution is -2.06. The van der Waals surface area contributed by atoms with E-state index in [4.69, 9.17) is 9.84 Å². The third-order valence-corrected chi connectivity index (χ3v) is 2.10. The number of rotatable bonds is 5. The molecule has 0 saturated heterocycles. The Labute approximate surface area is 84.7 Å². The lowest BCUT2D eigenvalue weighted by atomic mass is 10.1. The summed E-state index contributed by atoms with van der Waals surface area (Å²) in [4.78, 5) is 0. The normalized spacial score (nSPS) is 9.93. The molecule has 0 spiro atoms. The molecule has 0 saturated carbocycles. The number of anilines is 1. The molecule has 78 valence electrons. The van der Waals surface area contributed by atoms with Gasteiger partial charge in [-0.05, 0) is 24.1 Å². The molecule has 0 bridgehead atoms. The molecule has 0 amide bonds. The number of aryl methyl sites for hydroxylation is 1. The highest BCUT2D eigenvalue weighted by atomic mass is 16.5. The maximum atomic E-state index is 8.71.